The molecule has 0 aliphatic heterocycles. The molecule has 0 aliphatic carbocycles. The molecule has 0 bridgehead atoms. The number of nitro groups is 1. The summed E-state index contributed by atoms with van der Waals surface area (Å²) in [5, 5.41) is 11.3. The number of nitro benzene ring substituents is 1. The second-order valence-corrected chi connectivity index (χ2v) is 5.78. The van der Waals surface area contributed by atoms with E-state index in [4.69, 9.17) is 16.3 Å². The van der Waals surface area contributed by atoms with Gasteiger partial charge in [0.1, 0.15) is 5.56 Å². The molecule has 130 valence electrons. The van der Waals surface area contributed by atoms with Crippen LogP contribution in [0, 0.1) is 10.1 Å². The van der Waals surface area contributed by atoms with Crippen molar-refractivity contribution in [1.82, 2.24) is 4.90 Å². The lowest BCUT2D eigenvalue weighted by Crippen LogP contribution is -2.31. The molecule has 2 aromatic carbocycles. The van der Waals surface area contributed by atoms with Gasteiger partial charge < -0.3 is 9.64 Å². The number of nitrogens with zero attached hydrogens (tertiary/aromatic N) is 2. The van der Waals surface area contributed by atoms with E-state index in [2.05, 4.69) is 0 Å². The van der Waals surface area contributed by atoms with Crippen molar-refractivity contribution in [2.75, 3.05) is 14.1 Å². The van der Waals surface area contributed by atoms with Gasteiger partial charge >= 0.3 is 5.97 Å². The standard InChI is InChI=1S/C17H15ClN2O5/c1-19(2)16(21)15(11-6-4-3-5-7-11)25-17(22)13-9-8-12(18)10-14(13)20(23)24/h3-10,15H,1-2H3/t15-/m1/s1. The largest absolute Gasteiger partial charge is 0.443 e. The third-order valence-electron chi connectivity index (χ3n) is 3.37. The van der Waals surface area contributed by atoms with Crippen LogP contribution in [0.5, 0.6) is 0 Å². The van der Waals surface area contributed by atoms with Crippen molar-refractivity contribution in [3.8, 4) is 0 Å². The van der Waals surface area contributed by atoms with Crippen LogP contribution in [0.2, 0.25) is 5.02 Å². The summed E-state index contributed by atoms with van der Waals surface area (Å²) in [5.41, 5.74) is -0.297. The molecule has 0 fully saturated rings. The van der Waals surface area contributed by atoms with E-state index in [9.17, 15) is 19.7 Å². The molecule has 1 amide bonds. The molecule has 2 aromatic rings. The lowest BCUT2D eigenvalue weighted by molar-refractivity contribution is -0.385. The first kappa shape index (κ1) is 18.4. The Labute approximate surface area is 148 Å². The van der Waals surface area contributed by atoms with Crippen molar-refractivity contribution in [2.45, 2.75) is 6.10 Å². The molecule has 1 atom stereocenters. The van der Waals surface area contributed by atoms with E-state index in [1.807, 2.05) is 0 Å². The van der Waals surface area contributed by atoms with Crippen molar-refractivity contribution >= 4 is 29.2 Å². The Morgan fingerprint density at radius 3 is 2.36 bits per heavy atom. The molecule has 0 N–H and O–H groups in total. The van der Waals surface area contributed by atoms with Crippen molar-refractivity contribution in [3.63, 3.8) is 0 Å². The Hall–Kier alpha value is -2.93. The highest BCUT2D eigenvalue weighted by atomic mass is 35.5. The molecule has 0 saturated carbocycles. The molecule has 2 rings (SSSR count). The zero-order chi connectivity index (χ0) is 18.6. The van der Waals surface area contributed by atoms with E-state index in [1.54, 1.807) is 30.3 Å². The first-order chi connectivity index (χ1) is 11.8. The smallest absolute Gasteiger partial charge is 0.346 e. The van der Waals surface area contributed by atoms with Crippen molar-refractivity contribution in [1.29, 1.82) is 0 Å². The minimum atomic E-state index is -1.21. The molecule has 0 radical (unpaired) electrons. The predicted molar refractivity (Wildman–Crippen MR) is 91.4 cm³/mol. The Kier molecular flexibility index (Phi) is 5.71. The molecule has 0 aromatic heterocycles. The lowest BCUT2D eigenvalue weighted by atomic mass is 10.1. The quantitative estimate of drug-likeness (QED) is 0.462. The SMILES string of the molecule is CN(C)C(=O)[C@H](OC(=O)c1ccc(Cl)cc1[N+](=O)[O-])c1ccccc1. The summed E-state index contributed by atoms with van der Waals surface area (Å²) in [6.07, 6.45) is -1.21. The van der Waals surface area contributed by atoms with Crippen LogP contribution in [0.15, 0.2) is 48.5 Å². The van der Waals surface area contributed by atoms with Gasteiger partial charge in [-0.2, -0.15) is 0 Å². The number of esters is 1. The summed E-state index contributed by atoms with van der Waals surface area (Å²) in [6.45, 7) is 0. The fourth-order valence-corrected chi connectivity index (χ4v) is 2.29. The third kappa shape index (κ3) is 4.33. The minimum Gasteiger partial charge on any atom is -0.443 e. The summed E-state index contributed by atoms with van der Waals surface area (Å²) in [4.78, 5) is 36.5. The Bertz CT molecular complexity index is 808. The molecule has 0 heterocycles. The topological polar surface area (TPSA) is 89.8 Å². The van der Waals surface area contributed by atoms with Crippen LogP contribution in [0.3, 0.4) is 0 Å². The fraction of sp³-hybridized carbons (Fsp3) is 0.176. The van der Waals surface area contributed by atoms with Crippen molar-refractivity contribution in [2.24, 2.45) is 0 Å². The molecular weight excluding hydrogens is 348 g/mol. The summed E-state index contributed by atoms with van der Waals surface area (Å²) >= 11 is 5.74. The maximum atomic E-state index is 12.5. The number of ether oxygens (including phenoxy) is 1. The second-order valence-electron chi connectivity index (χ2n) is 5.35. The second kappa shape index (κ2) is 7.76. The van der Waals surface area contributed by atoms with Gasteiger partial charge in [0.15, 0.2) is 0 Å². The van der Waals surface area contributed by atoms with Crippen LogP contribution in [0.1, 0.15) is 22.0 Å². The number of halogens is 1. The Balaban J connectivity index is 2.38. The zero-order valence-electron chi connectivity index (χ0n) is 13.5. The number of benzene rings is 2. The van der Waals surface area contributed by atoms with Gasteiger partial charge in [0, 0.05) is 30.7 Å². The summed E-state index contributed by atoms with van der Waals surface area (Å²) in [7, 11) is 3.05. The van der Waals surface area contributed by atoms with Crippen LogP contribution >= 0.6 is 11.6 Å². The van der Waals surface area contributed by atoms with E-state index in [1.165, 1.54) is 31.1 Å². The summed E-state index contributed by atoms with van der Waals surface area (Å²) in [6, 6.07) is 12.0. The van der Waals surface area contributed by atoms with Gasteiger partial charge in [-0.1, -0.05) is 41.9 Å². The number of amides is 1. The number of likely N-dealkylation sites (N-methyl/N-ethyl adjacent to an activating group) is 1. The third-order valence-corrected chi connectivity index (χ3v) is 3.60. The molecule has 25 heavy (non-hydrogen) atoms. The monoisotopic (exact) mass is 362 g/mol. The maximum absolute atomic E-state index is 12.5. The molecule has 8 heteroatoms. The first-order valence-electron chi connectivity index (χ1n) is 7.22. The van der Waals surface area contributed by atoms with Gasteiger partial charge in [-0.25, -0.2) is 4.79 Å². The van der Waals surface area contributed by atoms with E-state index in [0.29, 0.717) is 5.56 Å². The van der Waals surface area contributed by atoms with Gasteiger partial charge in [-0.3, -0.25) is 14.9 Å². The maximum Gasteiger partial charge on any atom is 0.346 e. The summed E-state index contributed by atoms with van der Waals surface area (Å²) in [5.74, 6) is -1.44. The number of carbonyl (C=O) groups is 2. The van der Waals surface area contributed by atoms with Crippen LogP contribution in [0.25, 0.3) is 0 Å². The van der Waals surface area contributed by atoms with Crippen molar-refractivity contribution < 1.29 is 19.2 Å². The van der Waals surface area contributed by atoms with Gasteiger partial charge in [0.2, 0.25) is 6.10 Å². The lowest BCUT2D eigenvalue weighted by Gasteiger charge is -2.21. The molecule has 0 spiro atoms. The predicted octanol–water partition coefficient (Wildman–Crippen LogP) is 3.23. The molecule has 0 unspecified atom stereocenters. The van der Waals surface area contributed by atoms with E-state index in [0.717, 1.165) is 6.07 Å². The number of hydrogen-bond donors (Lipinski definition) is 0. The van der Waals surface area contributed by atoms with Crippen molar-refractivity contribution in [3.05, 3.63) is 74.8 Å². The van der Waals surface area contributed by atoms with Crippen LogP contribution in [-0.2, 0) is 9.53 Å². The van der Waals surface area contributed by atoms with Crippen LogP contribution in [0.4, 0.5) is 5.69 Å². The Morgan fingerprint density at radius 2 is 1.80 bits per heavy atom. The highest BCUT2D eigenvalue weighted by Crippen LogP contribution is 2.27. The van der Waals surface area contributed by atoms with Gasteiger partial charge in [0.25, 0.3) is 11.6 Å². The minimum absolute atomic E-state index is 0.118. The zero-order valence-corrected chi connectivity index (χ0v) is 14.3. The molecular formula is C17H15ClN2O5. The van der Waals surface area contributed by atoms with E-state index in [-0.39, 0.29) is 10.6 Å². The summed E-state index contributed by atoms with van der Waals surface area (Å²) < 4.78 is 5.30. The van der Waals surface area contributed by atoms with Gasteiger partial charge in [-0.05, 0) is 12.1 Å². The number of rotatable bonds is 5. The van der Waals surface area contributed by atoms with Gasteiger partial charge in [-0.15, -0.1) is 0 Å². The molecule has 0 aliphatic rings. The average molecular weight is 363 g/mol. The highest BCUT2D eigenvalue weighted by molar-refractivity contribution is 6.31. The number of hydrogen-bond acceptors (Lipinski definition) is 5. The number of carbonyl (C=O) groups excluding carboxylic acids is 2. The van der Waals surface area contributed by atoms with E-state index < -0.39 is 28.6 Å². The Morgan fingerprint density at radius 1 is 1.16 bits per heavy atom. The molecule has 7 nitrogen and oxygen atoms in total. The normalized spacial score (nSPS) is 11.5. The molecule has 0 saturated heterocycles. The average Bonchev–Trinajstić information content (AvgIpc) is 2.59. The fourth-order valence-electron chi connectivity index (χ4n) is 2.12. The van der Waals surface area contributed by atoms with Gasteiger partial charge in [0.05, 0.1) is 4.92 Å². The van der Waals surface area contributed by atoms with Crippen LogP contribution in [-0.4, -0.2) is 35.8 Å². The van der Waals surface area contributed by atoms with Crippen LogP contribution < -0.4 is 0 Å². The van der Waals surface area contributed by atoms with E-state index >= 15 is 0 Å². The first-order valence-corrected chi connectivity index (χ1v) is 7.60. The highest BCUT2D eigenvalue weighted by Gasteiger charge is 2.30.